The lowest BCUT2D eigenvalue weighted by atomic mass is 9.96. The molecule has 2 aliphatic rings. The molecule has 0 amide bonds. The number of nitrogens with zero attached hydrogens (tertiary/aromatic N) is 4. The Balaban J connectivity index is 1.42. The van der Waals surface area contributed by atoms with Crippen LogP contribution in [0.5, 0.6) is 0 Å². The first-order chi connectivity index (χ1) is 19.8. The van der Waals surface area contributed by atoms with Crippen LogP contribution in [-0.2, 0) is 0 Å². The molecule has 0 saturated carbocycles. The monoisotopic (exact) mass is 510 g/mol. The van der Waals surface area contributed by atoms with Crippen LogP contribution >= 0.6 is 0 Å². The summed E-state index contributed by atoms with van der Waals surface area (Å²) in [5, 5.41) is 2.02. The van der Waals surface area contributed by atoms with Gasteiger partial charge in [0.25, 0.3) is 0 Å². The molecule has 0 aliphatic carbocycles. The molecule has 0 spiro atoms. The molecule has 4 nitrogen and oxygen atoms in total. The molecule has 2 aliphatic heterocycles. The maximum absolute atomic E-state index is 5.31. The summed E-state index contributed by atoms with van der Waals surface area (Å²) in [5.41, 5.74) is 10.8. The van der Waals surface area contributed by atoms with Gasteiger partial charge < -0.3 is 0 Å². The van der Waals surface area contributed by atoms with Crippen LogP contribution in [0.15, 0.2) is 143 Å². The van der Waals surface area contributed by atoms with Crippen molar-refractivity contribution < 1.29 is 0 Å². The van der Waals surface area contributed by atoms with Crippen LogP contribution in [0.1, 0.15) is 11.4 Å². The highest BCUT2D eigenvalue weighted by Crippen LogP contribution is 2.39. The first kappa shape index (κ1) is 22.5. The largest absolute Gasteiger partial charge is 0.248 e. The molecule has 0 N–H and O–H groups in total. The molecule has 0 unspecified atom stereocenters. The van der Waals surface area contributed by atoms with E-state index in [1.165, 1.54) is 0 Å². The Labute approximate surface area is 231 Å². The molecular formula is C36H22N4. The third-order valence-corrected chi connectivity index (χ3v) is 7.44. The van der Waals surface area contributed by atoms with Gasteiger partial charge in [-0.2, -0.15) is 0 Å². The van der Waals surface area contributed by atoms with Gasteiger partial charge in [-0.1, -0.05) is 109 Å². The van der Waals surface area contributed by atoms with Gasteiger partial charge in [0.15, 0.2) is 5.82 Å². The highest BCUT2D eigenvalue weighted by molar-refractivity contribution is 6.33. The predicted octanol–water partition coefficient (Wildman–Crippen LogP) is 7.08. The summed E-state index contributed by atoms with van der Waals surface area (Å²) in [6.45, 7) is 0. The van der Waals surface area contributed by atoms with Gasteiger partial charge in [-0.15, -0.1) is 0 Å². The molecule has 6 aromatic rings. The maximum atomic E-state index is 5.31. The average molecular weight is 511 g/mol. The molecule has 4 heteroatoms. The molecule has 0 radical (unpaired) electrons. The minimum absolute atomic E-state index is 0.604. The number of aromatic nitrogens is 2. The van der Waals surface area contributed by atoms with Crippen LogP contribution in [0.2, 0.25) is 0 Å². The van der Waals surface area contributed by atoms with Gasteiger partial charge in [0.2, 0.25) is 0 Å². The molecule has 1 aromatic heterocycles. The van der Waals surface area contributed by atoms with E-state index in [9.17, 15) is 0 Å². The van der Waals surface area contributed by atoms with Crippen molar-refractivity contribution in [3.63, 3.8) is 0 Å². The zero-order valence-electron chi connectivity index (χ0n) is 21.5. The minimum Gasteiger partial charge on any atom is -0.248 e. The van der Waals surface area contributed by atoms with Gasteiger partial charge >= 0.3 is 0 Å². The SMILES string of the molecule is c1ccc(C2=c3ccc4c(c3N=C2c2nc(-c3ccccc3)cc(-c3ccccc3)n2)-c2ccccc2N=4)cc1. The summed E-state index contributed by atoms with van der Waals surface area (Å²) in [7, 11) is 0. The van der Waals surface area contributed by atoms with E-state index < -0.39 is 0 Å². The Morgan fingerprint density at radius 2 is 1.05 bits per heavy atom. The van der Waals surface area contributed by atoms with Gasteiger partial charge in [-0.25, -0.2) is 20.0 Å². The zero-order chi connectivity index (χ0) is 26.5. The maximum Gasteiger partial charge on any atom is 0.179 e. The highest BCUT2D eigenvalue weighted by atomic mass is 14.9. The normalized spacial score (nSPS) is 12.8. The Morgan fingerprint density at radius 1 is 0.475 bits per heavy atom. The van der Waals surface area contributed by atoms with Gasteiger partial charge in [-0.05, 0) is 29.8 Å². The summed E-state index contributed by atoms with van der Waals surface area (Å²) in [4.78, 5) is 20.4. The quantitative estimate of drug-likeness (QED) is 0.254. The number of benzene rings is 5. The van der Waals surface area contributed by atoms with Gasteiger partial charge in [-0.3, -0.25) is 0 Å². The minimum atomic E-state index is 0.604. The number of aliphatic imine (C=N–C) groups is 1. The Bertz CT molecular complexity index is 2020. The van der Waals surface area contributed by atoms with Crippen LogP contribution < -0.4 is 10.6 Å². The van der Waals surface area contributed by atoms with E-state index in [4.69, 9.17) is 20.0 Å². The Morgan fingerprint density at radius 3 is 1.70 bits per heavy atom. The lowest BCUT2D eigenvalue weighted by Crippen LogP contribution is -2.15. The standard InChI is InChI=1S/C36H22N4/c1-4-12-23(13-5-1)30-22-31(24-14-6-2-7-15-24)39-36(38-30)35-32(25-16-8-3-9-17-25)27-20-21-29-33(34(27)40-35)26-18-10-11-19-28(26)37-29/h1-22H. The summed E-state index contributed by atoms with van der Waals surface area (Å²) in [5.74, 6) is 0.604. The summed E-state index contributed by atoms with van der Waals surface area (Å²) in [6.07, 6.45) is 0. The van der Waals surface area contributed by atoms with E-state index in [-0.39, 0.29) is 0 Å². The van der Waals surface area contributed by atoms with Crippen molar-refractivity contribution in [1.29, 1.82) is 0 Å². The molecule has 40 heavy (non-hydrogen) atoms. The lowest BCUT2D eigenvalue weighted by molar-refractivity contribution is 1.14. The molecule has 0 saturated heterocycles. The number of para-hydroxylation sites is 1. The van der Waals surface area contributed by atoms with E-state index in [0.717, 1.165) is 72.4 Å². The van der Waals surface area contributed by atoms with Gasteiger partial charge in [0, 0.05) is 33.0 Å². The Hall–Kier alpha value is -5.48. The molecule has 0 bridgehead atoms. The van der Waals surface area contributed by atoms with Crippen molar-refractivity contribution in [3.8, 4) is 33.6 Å². The van der Waals surface area contributed by atoms with Crippen molar-refractivity contribution in [1.82, 2.24) is 9.97 Å². The molecule has 186 valence electrons. The fourth-order valence-corrected chi connectivity index (χ4v) is 5.59. The highest BCUT2D eigenvalue weighted by Gasteiger charge is 2.28. The first-order valence-corrected chi connectivity index (χ1v) is 13.3. The molecule has 5 aromatic carbocycles. The number of hydrogen-bond donors (Lipinski definition) is 0. The van der Waals surface area contributed by atoms with E-state index >= 15 is 0 Å². The summed E-state index contributed by atoms with van der Waals surface area (Å²) >= 11 is 0. The third-order valence-electron chi connectivity index (χ3n) is 7.44. The topological polar surface area (TPSA) is 50.5 Å². The molecule has 0 atom stereocenters. The third kappa shape index (κ3) is 3.62. The van der Waals surface area contributed by atoms with E-state index in [1.54, 1.807) is 0 Å². The smallest absolute Gasteiger partial charge is 0.179 e. The van der Waals surface area contributed by atoms with Crippen molar-refractivity contribution in [2.24, 2.45) is 9.98 Å². The first-order valence-electron chi connectivity index (χ1n) is 13.3. The second-order valence-corrected chi connectivity index (χ2v) is 9.88. The Kier molecular flexibility index (Phi) is 5.10. The van der Waals surface area contributed by atoms with Crippen LogP contribution in [-0.4, -0.2) is 15.7 Å². The second-order valence-electron chi connectivity index (χ2n) is 9.88. The molecule has 3 heterocycles. The van der Waals surface area contributed by atoms with E-state index in [2.05, 4.69) is 84.9 Å². The van der Waals surface area contributed by atoms with Gasteiger partial charge in [0.05, 0.1) is 28.1 Å². The van der Waals surface area contributed by atoms with Gasteiger partial charge in [0.1, 0.15) is 5.71 Å². The van der Waals surface area contributed by atoms with Crippen LogP contribution in [0.4, 0.5) is 11.4 Å². The van der Waals surface area contributed by atoms with Crippen molar-refractivity contribution >= 4 is 22.7 Å². The second kappa shape index (κ2) is 9.07. The van der Waals surface area contributed by atoms with Crippen molar-refractivity contribution in [2.75, 3.05) is 0 Å². The van der Waals surface area contributed by atoms with E-state index in [0.29, 0.717) is 5.82 Å². The number of hydrogen-bond acceptors (Lipinski definition) is 4. The molecule has 8 rings (SSSR count). The number of rotatable bonds is 4. The zero-order valence-corrected chi connectivity index (χ0v) is 21.5. The van der Waals surface area contributed by atoms with Crippen LogP contribution in [0.3, 0.4) is 0 Å². The average Bonchev–Trinajstić information content (AvgIpc) is 3.61. The van der Waals surface area contributed by atoms with Crippen LogP contribution in [0, 0.1) is 0 Å². The molecule has 0 fully saturated rings. The van der Waals surface area contributed by atoms with E-state index in [1.807, 2.05) is 48.5 Å². The predicted molar refractivity (Wildman–Crippen MR) is 160 cm³/mol. The lowest BCUT2D eigenvalue weighted by Gasteiger charge is -2.11. The molecular weight excluding hydrogens is 488 g/mol. The fourth-order valence-electron chi connectivity index (χ4n) is 5.59. The van der Waals surface area contributed by atoms with Crippen LogP contribution in [0.25, 0.3) is 39.2 Å². The number of fused-ring (bicyclic) bond motifs is 5. The fraction of sp³-hybridized carbons (Fsp3) is 0. The van der Waals surface area contributed by atoms with Crippen molar-refractivity contribution in [3.05, 3.63) is 155 Å². The summed E-state index contributed by atoms with van der Waals surface area (Å²) < 4.78 is 0. The van der Waals surface area contributed by atoms with Crippen molar-refractivity contribution in [2.45, 2.75) is 0 Å². The summed E-state index contributed by atoms with van der Waals surface area (Å²) in [6, 6.07) is 45.5.